The molecule has 126 valence electrons. The van der Waals surface area contributed by atoms with Gasteiger partial charge in [-0.15, -0.1) is 4.68 Å². The summed E-state index contributed by atoms with van der Waals surface area (Å²) in [7, 11) is 1.61. The lowest BCUT2D eigenvalue weighted by Crippen LogP contribution is -2.34. The smallest absolute Gasteiger partial charge is 0.345 e. The minimum atomic E-state index is -0.919. The van der Waals surface area contributed by atoms with Crippen LogP contribution < -0.4 is 15.5 Å². The van der Waals surface area contributed by atoms with Gasteiger partial charge in [-0.2, -0.15) is 0 Å². The van der Waals surface area contributed by atoms with Crippen molar-refractivity contribution in [2.75, 3.05) is 13.7 Å². The maximum atomic E-state index is 10.7. The van der Waals surface area contributed by atoms with Crippen molar-refractivity contribution in [2.24, 2.45) is 0 Å². The number of ether oxygens (including phenoxy) is 1. The lowest BCUT2D eigenvalue weighted by molar-refractivity contribution is -0.512. The summed E-state index contributed by atoms with van der Waals surface area (Å²) in [6.07, 6.45) is 1.61. The van der Waals surface area contributed by atoms with Gasteiger partial charge in [0.2, 0.25) is 0 Å². The molecule has 3 N–H and O–H groups in total. The van der Waals surface area contributed by atoms with Crippen LogP contribution in [-0.4, -0.2) is 35.8 Å². The van der Waals surface area contributed by atoms with Crippen molar-refractivity contribution in [1.29, 1.82) is 0 Å². The van der Waals surface area contributed by atoms with Gasteiger partial charge in [-0.3, -0.25) is 5.32 Å². The van der Waals surface area contributed by atoms with E-state index in [1.54, 1.807) is 18.1 Å². The van der Waals surface area contributed by atoms with Crippen molar-refractivity contribution in [3.63, 3.8) is 0 Å². The van der Waals surface area contributed by atoms with Crippen LogP contribution in [0, 0.1) is 0 Å². The van der Waals surface area contributed by atoms with Crippen LogP contribution >= 0.6 is 0 Å². The number of carbonyl (C=O) groups is 1. The number of hydrogen-bond acceptors (Lipinski definition) is 3. The van der Waals surface area contributed by atoms with Gasteiger partial charge in [-0.25, -0.2) is 10.2 Å². The predicted octanol–water partition coefficient (Wildman–Crippen LogP) is 2.31. The van der Waals surface area contributed by atoms with Crippen LogP contribution in [0.5, 0.6) is 5.75 Å². The van der Waals surface area contributed by atoms with Gasteiger partial charge >= 0.3 is 5.97 Å². The summed E-state index contributed by atoms with van der Waals surface area (Å²) < 4.78 is 6.93. The van der Waals surface area contributed by atoms with E-state index in [9.17, 15) is 4.79 Å². The molecule has 24 heavy (non-hydrogen) atoms. The molecule has 0 radical (unpaired) electrons. The molecule has 2 aromatic rings. The molecule has 0 saturated heterocycles. The highest BCUT2D eigenvalue weighted by Gasteiger charge is 2.12. The van der Waals surface area contributed by atoms with Gasteiger partial charge in [0.1, 0.15) is 5.75 Å². The molecule has 0 aliphatic heterocycles. The third-order valence-corrected chi connectivity index (χ3v) is 3.46. The van der Waals surface area contributed by atoms with E-state index in [4.69, 9.17) is 9.84 Å². The second kappa shape index (κ2) is 8.57. The first-order valence-electron chi connectivity index (χ1n) is 7.63. The number of carboxylic acid groups (broad SMARTS) is 1. The molecule has 0 heterocycles. The van der Waals surface area contributed by atoms with Crippen molar-refractivity contribution in [3.8, 4) is 5.75 Å². The first-order chi connectivity index (χ1) is 11.6. The molecule has 0 saturated carbocycles. The molecule has 1 atom stereocenters. The van der Waals surface area contributed by atoms with E-state index in [2.05, 4.69) is 10.7 Å². The topological polar surface area (TPSA) is 73.6 Å². The Bertz CT molecular complexity index is 684. The number of benzene rings is 2. The Balaban J connectivity index is 2.19. The average molecular weight is 328 g/mol. The van der Waals surface area contributed by atoms with Crippen LogP contribution in [0.25, 0.3) is 0 Å². The number of nitrogens with zero attached hydrogens (tertiary/aromatic N) is 1. The Hall–Kier alpha value is -3.02. The summed E-state index contributed by atoms with van der Waals surface area (Å²) in [4.78, 5) is 10.7. The highest BCUT2D eigenvalue weighted by molar-refractivity contribution is 5.72. The zero-order chi connectivity index (χ0) is 17.4. The Morgan fingerprint density at radius 1 is 1.21 bits per heavy atom. The molecular formula is C18H22N3O3+. The van der Waals surface area contributed by atoms with E-state index >= 15 is 0 Å². The summed E-state index contributed by atoms with van der Waals surface area (Å²) in [5.74, 6) is -0.162. The maximum absolute atomic E-state index is 10.7. The number of hydrazone groups is 1. The molecule has 0 bridgehead atoms. The Kier molecular flexibility index (Phi) is 6.19. The summed E-state index contributed by atoms with van der Waals surface area (Å²) in [6.45, 7) is 1.88. The zero-order valence-corrected chi connectivity index (χ0v) is 13.8. The van der Waals surface area contributed by atoms with E-state index in [0.29, 0.717) is 0 Å². The normalized spacial score (nSPS) is 12.3. The fourth-order valence-electron chi connectivity index (χ4n) is 2.18. The van der Waals surface area contributed by atoms with Gasteiger partial charge in [0.05, 0.1) is 13.2 Å². The van der Waals surface area contributed by atoms with Crippen LogP contribution in [0.3, 0.4) is 0 Å². The number of methoxy groups -OCH3 is 1. The predicted molar refractivity (Wildman–Crippen MR) is 92.6 cm³/mol. The lowest BCUT2D eigenvalue weighted by Gasteiger charge is -2.16. The number of hydrazine groups is 1. The molecule has 0 aliphatic carbocycles. The maximum Gasteiger partial charge on any atom is 0.345 e. The van der Waals surface area contributed by atoms with E-state index in [-0.39, 0.29) is 12.6 Å². The number of nitrogens with one attached hydrogen (secondary N) is 2. The Morgan fingerprint density at radius 3 is 2.46 bits per heavy atom. The first kappa shape index (κ1) is 17.3. The molecule has 2 rings (SSSR count). The second-order valence-corrected chi connectivity index (χ2v) is 5.23. The number of hydrogen-bond donors (Lipinski definition) is 3. The number of rotatable bonds is 8. The van der Waals surface area contributed by atoms with Crippen LogP contribution in [0.4, 0.5) is 5.69 Å². The summed E-state index contributed by atoms with van der Waals surface area (Å²) >= 11 is 0. The molecule has 0 spiro atoms. The molecule has 6 heteroatoms. The first-order valence-corrected chi connectivity index (χ1v) is 7.63. The van der Waals surface area contributed by atoms with Crippen LogP contribution in [-0.2, 0) is 4.79 Å². The zero-order valence-electron chi connectivity index (χ0n) is 13.8. The monoisotopic (exact) mass is 328 g/mol. The molecular weight excluding hydrogens is 306 g/mol. The third kappa shape index (κ3) is 5.01. The SMILES string of the molecule is COc1ccc([N+](=CNCC(=O)O)N[C@@H](C)c2ccccc2)cc1. The van der Waals surface area contributed by atoms with Gasteiger partial charge in [0.15, 0.2) is 12.2 Å². The second-order valence-electron chi connectivity index (χ2n) is 5.23. The van der Waals surface area contributed by atoms with Crippen LogP contribution in [0.15, 0.2) is 54.6 Å². The van der Waals surface area contributed by atoms with Crippen LogP contribution in [0.1, 0.15) is 18.5 Å². The molecule has 6 nitrogen and oxygen atoms in total. The summed E-state index contributed by atoms with van der Waals surface area (Å²) in [5.41, 5.74) is 5.33. The van der Waals surface area contributed by atoms with Gasteiger partial charge in [0.25, 0.3) is 6.34 Å². The van der Waals surface area contributed by atoms with E-state index in [0.717, 1.165) is 17.0 Å². The van der Waals surface area contributed by atoms with Crippen LogP contribution in [0.2, 0.25) is 0 Å². The molecule has 0 aromatic heterocycles. The summed E-state index contributed by atoms with van der Waals surface area (Å²) in [6, 6.07) is 17.5. The van der Waals surface area contributed by atoms with Crippen molar-refractivity contribution >= 4 is 18.0 Å². The highest BCUT2D eigenvalue weighted by atomic mass is 16.5. The van der Waals surface area contributed by atoms with E-state index in [1.165, 1.54) is 0 Å². The third-order valence-electron chi connectivity index (χ3n) is 3.46. The van der Waals surface area contributed by atoms with Gasteiger partial charge in [0, 0.05) is 0 Å². The molecule has 0 aliphatic rings. The standard InChI is InChI=1S/C18H21N3O3/c1-14(15-6-4-3-5-7-15)20-21(13-19-12-18(22)23)16-8-10-17(24-2)11-9-16/h3-11,13-14,20H,12H2,1-2H3,(H,22,23)/p+1/t14-/m0/s1. The van der Waals surface area contributed by atoms with Gasteiger partial charge in [-0.05, 0) is 36.8 Å². The van der Waals surface area contributed by atoms with Crippen molar-refractivity contribution < 1.29 is 19.3 Å². The molecule has 0 fully saturated rings. The summed E-state index contributed by atoms with van der Waals surface area (Å²) in [5, 5.41) is 11.6. The lowest BCUT2D eigenvalue weighted by atomic mass is 10.1. The number of aliphatic carboxylic acids is 1. The molecule has 2 aromatic carbocycles. The van der Waals surface area contributed by atoms with Gasteiger partial charge in [-0.1, -0.05) is 30.3 Å². The Morgan fingerprint density at radius 2 is 1.88 bits per heavy atom. The Labute approximate surface area is 141 Å². The average Bonchev–Trinajstić information content (AvgIpc) is 2.61. The number of carboxylic acids is 1. The quantitative estimate of drug-likeness (QED) is 0.300. The largest absolute Gasteiger partial charge is 0.497 e. The fourth-order valence-corrected chi connectivity index (χ4v) is 2.18. The molecule has 0 amide bonds. The van der Waals surface area contributed by atoms with Gasteiger partial charge < -0.3 is 9.84 Å². The molecule has 0 unspecified atom stereocenters. The minimum Gasteiger partial charge on any atom is -0.497 e. The van der Waals surface area contributed by atoms with Crippen molar-refractivity contribution in [1.82, 2.24) is 10.7 Å². The van der Waals surface area contributed by atoms with E-state index < -0.39 is 5.97 Å². The minimum absolute atomic E-state index is 0.0381. The van der Waals surface area contributed by atoms with E-state index in [1.807, 2.05) is 61.5 Å². The highest BCUT2D eigenvalue weighted by Crippen LogP contribution is 2.18. The van der Waals surface area contributed by atoms with Crippen molar-refractivity contribution in [2.45, 2.75) is 13.0 Å². The fraction of sp³-hybridized carbons (Fsp3) is 0.222. The van der Waals surface area contributed by atoms with Crippen molar-refractivity contribution in [3.05, 3.63) is 60.2 Å².